The van der Waals surface area contributed by atoms with Crippen LogP contribution in [0.25, 0.3) is 11.3 Å². The van der Waals surface area contributed by atoms with Crippen LogP contribution in [0.5, 0.6) is 11.5 Å². The molecule has 2 N–H and O–H groups in total. The Morgan fingerprint density at radius 2 is 1.74 bits per heavy atom. The lowest BCUT2D eigenvalue weighted by atomic mass is 10.1. The zero-order valence-corrected chi connectivity index (χ0v) is 21.3. The van der Waals surface area contributed by atoms with Crippen molar-refractivity contribution in [3.8, 4) is 22.8 Å². The molecular weight excluding hydrogens is 480 g/mol. The van der Waals surface area contributed by atoms with Crippen molar-refractivity contribution in [3.05, 3.63) is 89.6 Å². The number of aromatic nitrogens is 3. The number of hydrogen-bond donors (Lipinski definition) is 2. The van der Waals surface area contributed by atoms with Crippen LogP contribution in [0.15, 0.2) is 67.1 Å². The van der Waals surface area contributed by atoms with Crippen LogP contribution in [-0.2, 0) is 13.1 Å². The first-order valence-corrected chi connectivity index (χ1v) is 12.8. The van der Waals surface area contributed by atoms with Crippen LogP contribution in [0.4, 0.5) is 5.69 Å². The lowest BCUT2D eigenvalue weighted by Crippen LogP contribution is -2.45. The van der Waals surface area contributed by atoms with Gasteiger partial charge in [-0.05, 0) is 24.6 Å². The van der Waals surface area contributed by atoms with Gasteiger partial charge in [-0.3, -0.25) is 19.6 Å². The van der Waals surface area contributed by atoms with Crippen LogP contribution in [-0.4, -0.2) is 63.6 Å². The van der Waals surface area contributed by atoms with Crippen LogP contribution >= 0.6 is 0 Å². The third-order valence-corrected chi connectivity index (χ3v) is 7.10. The minimum atomic E-state index is -0.274. The maximum absolute atomic E-state index is 13.1. The summed E-state index contributed by atoms with van der Waals surface area (Å²) < 4.78 is 11.0. The Bertz CT molecular complexity index is 1420. The Labute approximate surface area is 221 Å². The summed E-state index contributed by atoms with van der Waals surface area (Å²) in [5.41, 5.74) is 6.36. The first-order chi connectivity index (χ1) is 18.6. The molecule has 2 aromatic heterocycles. The number of benzene rings is 2. The smallest absolute Gasteiger partial charge is 0.275 e. The van der Waals surface area contributed by atoms with Crippen LogP contribution in [0.3, 0.4) is 0 Å². The molecule has 1 amide bonds. The van der Waals surface area contributed by atoms with E-state index in [9.17, 15) is 4.79 Å². The zero-order valence-electron chi connectivity index (χ0n) is 21.3. The fourth-order valence-corrected chi connectivity index (χ4v) is 5.04. The maximum Gasteiger partial charge on any atom is 0.275 e. The molecule has 0 bridgehead atoms. The van der Waals surface area contributed by atoms with Gasteiger partial charge in [0, 0.05) is 68.5 Å². The monoisotopic (exact) mass is 510 g/mol. The van der Waals surface area contributed by atoms with E-state index in [0.29, 0.717) is 6.79 Å². The molecule has 2 aliphatic heterocycles. The van der Waals surface area contributed by atoms with Crippen LogP contribution in [0.2, 0.25) is 0 Å². The lowest BCUT2D eigenvalue weighted by molar-refractivity contribution is 0.102. The number of piperazine rings is 1. The van der Waals surface area contributed by atoms with Gasteiger partial charge in [-0.1, -0.05) is 36.4 Å². The molecule has 0 radical (unpaired) electrons. The summed E-state index contributed by atoms with van der Waals surface area (Å²) in [6, 6.07) is 16.3. The number of nitrogens with one attached hydrogen (secondary N) is 2. The zero-order chi connectivity index (χ0) is 25.9. The molecule has 0 spiro atoms. The summed E-state index contributed by atoms with van der Waals surface area (Å²) in [7, 11) is 0. The number of carbonyl (C=O) groups excluding carboxylic acids is 1. The number of fused-ring (bicyclic) bond motifs is 1. The molecule has 194 valence electrons. The average Bonchev–Trinajstić information content (AvgIpc) is 3.55. The Kier molecular flexibility index (Phi) is 6.76. The van der Waals surface area contributed by atoms with Crippen molar-refractivity contribution >= 4 is 11.6 Å². The minimum Gasteiger partial charge on any atom is -0.454 e. The predicted octanol–water partition coefficient (Wildman–Crippen LogP) is 4.08. The van der Waals surface area contributed by atoms with Crippen LogP contribution < -0.4 is 14.8 Å². The SMILES string of the molecule is Cc1[nH]c(-c2ccccc2)c(NC(=O)c2cnccn2)c1CN1CCN(Cc2ccc3c(c2)OCO3)CC1. The van der Waals surface area contributed by atoms with Gasteiger partial charge in [0.25, 0.3) is 5.91 Å². The number of carbonyl (C=O) groups is 1. The third kappa shape index (κ3) is 5.11. The number of nitrogens with zero attached hydrogens (tertiary/aromatic N) is 4. The number of ether oxygens (including phenoxy) is 2. The van der Waals surface area contributed by atoms with Gasteiger partial charge in [0.05, 0.1) is 17.6 Å². The summed E-state index contributed by atoms with van der Waals surface area (Å²) in [5.74, 6) is 1.37. The molecule has 6 rings (SSSR count). The molecule has 9 heteroatoms. The van der Waals surface area contributed by atoms with Gasteiger partial charge in [-0.2, -0.15) is 0 Å². The van der Waals surface area contributed by atoms with E-state index in [0.717, 1.165) is 79.0 Å². The molecule has 2 aliphatic rings. The third-order valence-electron chi connectivity index (χ3n) is 7.10. The van der Waals surface area contributed by atoms with E-state index < -0.39 is 0 Å². The summed E-state index contributed by atoms with van der Waals surface area (Å²) in [4.78, 5) is 29.7. The maximum atomic E-state index is 13.1. The Morgan fingerprint density at radius 3 is 2.50 bits per heavy atom. The van der Waals surface area contributed by atoms with E-state index in [1.165, 1.54) is 18.0 Å². The highest BCUT2D eigenvalue weighted by atomic mass is 16.7. The fourth-order valence-electron chi connectivity index (χ4n) is 5.04. The number of aromatic amines is 1. The van der Waals surface area contributed by atoms with Gasteiger partial charge in [-0.25, -0.2) is 4.98 Å². The molecule has 0 atom stereocenters. The highest BCUT2D eigenvalue weighted by molar-refractivity contribution is 6.05. The summed E-state index contributed by atoms with van der Waals surface area (Å²) in [5, 5.41) is 3.13. The molecule has 38 heavy (non-hydrogen) atoms. The summed E-state index contributed by atoms with van der Waals surface area (Å²) >= 11 is 0. The van der Waals surface area contributed by atoms with Crippen molar-refractivity contribution in [2.45, 2.75) is 20.0 Å². The standard InChI is InChI=1S/C29H30N6O3/c1-20-23(18-35-13-11-34(12-14-35)17-21-7-8-25-26(15-21)38-19-37-25)28(27(32-20)22-5-3-2-4-6-22)33-29(36)24-16-30-9-10-31-24/h2-10,15-16,32H,11-14,17-19H2,1H3,(H,33,36). The Hall–Kier alpha value is -4.21. The molecule has 0 aliphatic carbocycles. The quantitative estimate of drug-likeness (QED) is 0.387. The van der Waals surface area contributed by atoms with E-state index in [4.69, 9.17) is 9.47 Å². The molecule has 4 aromatic rings. The van der Waals surface area contributed by atoms with Crippen molar-refractivity contribution in [1.82, 2.24) is 24.8 Å². The molecule has 1 fully saturated rings. The van der Waals surface area contributed by atoms with E-state index in [1.54, 1.807) is 6.20 Å². The van der Waals surface area contributed by atoms with Gasteiger partial charge in [0.15, 0.2) is 11.5 Å². The molecule has 9 nitrogen and oxygen atoms in total. The minimum absolute atomic E-state index is 0.274. The van der Waals surface area contributed by atoms with Crippen LogP contribution in [0, 0.1) is 6.92 Å². The van der Waals surface area contributed by atoms with E-state index in [-0.39, 0.29) is 11.6 Å². The highest BCUT2D eigenvalue weighted by Crippen LogP contribution is 2.35. The number of H-pyrrole nitrogens is 1. The van der Waals surface area contributed by atoms with Gasteiger partial charge in [-0.15, -0.1) is 0 Å². The van der Waals surface area contributed by atoms with Crippen molar-refractivity contribution < 1.29 is 14.3 Å². The molecule has 0 unspecified atom stereocenters. The largest absolute Gasteiger partial charge is 0.454 e. The second kappa shape index (κ2) is 10.6. The first kappa shape index (κ1) is 24.1. The Morgan fingerprint density at radius 1 is 0.974 bits per heavy atom. The van der Waals surface area contributed by atoms with Gasteiger partial charge in [0.2, 0.25) is 6.79 Å². The molecule has 1 saturated heterocycles. The average molecular weight is 511 g/mol. The summed E-state index contributed by atoms with van der Waals surface area (Å²) in [6.07, 6.45) is 4.57. The number of anilines is 1. The topological polar surface area (TPSA) is 95.6 Å². The molecule has 2 aromatic carbocycles. The van der Waals surface area contributed by atoms with Crippen molar-refractivity contribution in [3.63, 3.8) is 0 Å². The van der Waals surface area contributed by atoms with Gasteiger partial charge < -0.3 is 19.8 Å². The first-order valence-electron chi connectivity index (χ1n) is 12.8. The predicted molar refractivity (Wildman–Crippen MR) is 144 cm³/mol. The van der Waals surface area contributed by atoms with Gasteiger partial charge >= 0.3 is 0 Å². The van der Waals surface area contributed by atoms with Crippen molar-refractivity contribution in [2.24, 2.45) is 0 Å². The van der Waals surface area contributed by atoms with Crippen LogP contribution in [0.1, 0.15) is 27.3 Å². The number of amides is 1. The van der Waals surface area contributed by atoms with Crippen molar-refractivity contribution in [1.29, 1.82) is 0 Å². The van der Waals surface area contributed by atoms with E-state index in [2.05, 4.69) is 49.1 Å². The number of hydrogen-bond acceptors (Lipinski definition) is 7. The second-order valence-electron chi connectivity index (χ2n) is 9.63. The molecule has 4 heterocycles. The van der Waals surface area contributed by atoms with E-state index in [1.807, 2.05) is 36.4 Å². The summed E-state index contributed by atoms with van der Waals surface area (Å²) in [6.45, 7) is 7.78. The molecule has 0 saturated carbocycles. The second-order valence-corrected chi connectivity index (χ2v) is 9.63. The lowest BCUT2D eigenvalue weighted by Gasteiger charge is -2.35. The number of aryl methyl sites for hydroxylation is 1. The Balaban J connectivity index is 1.17. The van der Waals surface area contributed by atoms with Crippen molar-refractivity contribution in [2.75, 3.05) is 38.3 Å². The normalized spacial score (nSPS) is 15.5. The fraction of sp³-hybridized carbons (Fsp3) is 0.276. The molecular formula is C29H30N6O3. The highest BCUT2D eigenvalue weighted by Gasteiger charge is 2.24. The van der Waals surface area contributed by atoms with Gasteiger partial charge in [0.1, 0.15) is 5.69 Å². The van der Waals surface area contributed by atoms with E-state index >= 15 is 0 Å². The number of rotatable bonds is 7.